The lowest BCUT2D eigenvalue weighted by molar-refractivity contribution is 0.181. The number of ether oxygens (including phenoxy) is 2. The third-order valence-electron chi connectivity index (χ3n) is 5.50. The van der Waals surface area contributed by atoms with Crippen molar-refractivity contribution in [2.24, 2.45) is 10.9 Å². The second-order valence-electron chi connectivity index (χ2n) is 7.61. The summed E-state index contributed by atoms with van der Waals surface area (Å²) in [6, 6.07) is 16.1. The number of benzene rings is 2. The summed E-state index contributed by atoms with van der Waals surface area (Å²) in [6.07, 6.45) is 1.46. The first kappa shape index (κ1) is 22.0. The van der Waals surface area contributed by atoms with E-state index in [4.69, 9.17) is 14.5 Å². The van der Waals surface area contributed by atoms with Gasteiger partial charge in [-0.1, -0.05) is 30.3 Å². The molecule has 2 aromatic carbocycles. The zero-order valence-electron chi connectivity index (χ0n) is 18.2. The first-order valence-electron chi connectivity index (χ1n) is 10.6. The standard InChI is InChI=1S/C24H33N3O3/c1-4-25-24(27-13-12-19(17-27)14-18-8-6-5-7-9-18)26-16-22(28)21-15-20(29-2)10-11-23(21)30-3/h5-11,15,19,22,28H,4,12-14,16-17H2,1-3H3,(H,25,26). The Morgan fingerprint density at radius 2 is 2.00 bits per heavy atom. The number of likely N-dealkylation sites (tertiary alicyclic amines) is 1. The first-order valence-corrected chi connectivity index (χ1v) is 10.6. The normalized spacial score (nSPS) is 17.7. The van der Waals surface area contributed by atoms with Gasteiger partial charge in [0.05, 0.1) is 20.8 Å². The van der Waals surface area contributed by atoms with Crippen LogP contribution < -0.4 is 14.8 Å². The molecule has 3 rings (SSSR count). The second-order valence-corrected chi connectivity index (χ2v) is 7.61. The lowest BCUT2D eigenvalue weighted by Gasteiger charge is -2.22. The maximum absolute atomic E-state index is 10.8. The summed E-state index contributed by atoms with van der Waals surface area (Å²) >= 11 is 0. The van der Waals surface area contributed by atoms with Crippen LogP contribution in [0.4, 0.5) is 0 Å². The van der Waals surface area contributed by atoms with E-state index in [-0.39, 0.29) is 6.54 Å². The van der Waals surface area contributed by atoms with E-state index in [1.54, 1.807) is 26.4 Å². The molecule has 2 atom stereocenters. The van der Waals surface area contributed by atoms with Gasteiger partial charge in [-0.3, -0.25) is 4.99 Å². The number of methoxy groups -OCH3 is 2. The SMILES string of the molecule is CCNC(=NCC(O)c1cc(OC)ccc1OC)N1CCC(Cc2ccccc2)C1. The molecule has 0 aliphatic carbocycles. The summed E-state index contributed by atoms with van der Waals surface area (Å²) in [5.41, 5.74) is 2.06. The number of aliphatic hydroxyl groups excluding tert-OH is 1. The number of aliphatic hydroxyl groups is 1. The molecule has 30 heavy (non-hydrogen) atoms. The molecule has 0 radical (unpaired) electrons. The first-order chi connectivity index (χ1) is 14.6. The summed E-state index contributed by atoms with van der Waals surface area (Å²) in [5, 5.41) is 14.1. The van der Waals surface area contributed by atoms with Gasteiger partial charge in [0.1, 0.15) is 17.6 Å². The molecule has 1 heterocycles. The van der Waals surface area contributed by atoms with Crippen LogP contribution in [0.2, 0.25) is 0 Å². The van der Waals surface area contributed by atoms with E-state index in [1.165, 1.54) is 5.56 Å². The van der Waals surface area contributed by atoms with Gasteiger partial charge in [-0.25, -0.2) is 0 Å². The maximum Gasteiger partial charge on any atom is 0.194 e. The number of hydrogen-bond donors (Lipinski definition) is 2. The van der Waals surface area contributed by atoms with Crippen molar-refractivity contribution in [1.29, 1.82) is 0 Å². The number of nitrogens with zero attached hydrogens (tertiary/aromatic N) is 2. The maximum atomic E-state index is 10.8. The number of guanidine groups is 1. The van der Waals surface area contributed by atoms with Crippen LogP contribution in [0.1, 0.15) is 30.6 Å². The summed E-state index contributed by atoms with van der Waals surface area (Å²) < 4.78 is 10.7. The molecule has 2 aromatic rings. The summed E-state index contributed by atoms with van der Waals surface area (Å²) in [6.45, 7) is 5.05. The van der Waals surface area contributed by atoms with Crippen molar-refractivity contribution in [3.8, 4) is 11.5 Å². The summed E-state index contributed by atoms with van der Waals surface area (Å²) in [7, 11) is 3.21. The van der Waals surface area contributed by atoms with Gasteiger partial charge < -0.3 is 24.8 Å². The van der Waals surface area contributed by atoms with Crippen molar-refractivity contribution in [3.63, 3.8) is 0 Å². The molecule has 6 nitrogen and oxygen atoms in total. The van der Waals surface area contributed by atoms with E-state index in [1.807, 2.05) is 6.07 Å². The Morgan fingerprint density at radius 1 is 1.20 bits per heavy atom. The van der Waals surface area contributed by atoms with Gasteiger partial charge in [0, 0.05) is 25.2 Å². The van der Waals surface area contributed by atoms with Crippen LogP contribution in [0, 0.1) is 5.92 Å². The molecule has 1 aliphatic rings. The van der Waals surface area contributed by atoms with Crippen LogP contribution in [-0.2, 0) is 6.42 Å². The van der Waals surface area contributed by atoms with E-state index < -0.39 is 6.10 Å². The van der Waals surface area contributed by atoms with E-state index in [0.29, 0.717) is 23.0 Å². The molecule has 2 unspecified atom stereocenters. The zero-order chi connectivity index (χ0) is 21.3. The minimum absolute atomic E-state index is 0.256. The number of aliphatic imine (C=N–C) groups is 1. The Hall–Kier alpha value is -2.73. The molecular formula is C24H33N3O3. The van der Waals surface area contributed by atoms with E-state index in [0.717, 1.165) is 38.4 Å². The molecule has 6 heteroatoms. The van der Waals surface area contributed by atoms with E-state index >= 15 is 0 Å². The predicted octanol–water partition coefficient (Wildman–Crippen LogP) is 3.27. The molecule has 162 valence electrons. The molecule has 1 saturated heterocycles. The third kappa shape index (κ3) is 5.66. The minimum atomic E-state index is -0.772. The Morgan fingerprint density at radius 3 is 2.70 bits per heavy atom. The lowest BCUT2D eigenvalue weighted by atomic mass is 9.99. The summed E-state index contributed by atoms with van der Waals surface area (Å²) in [5.74, 6) is 2.78. The molecule has 2 N–H and O–H groups in total. The van der Waals surface area contributed by atoms with Crippen LogP contribution in [0.25, 0.3) is 0 Å². The minimum Gasteiger partial charge on any atom is -0.497 e. The molecule has 0 bridgehead atoms. The second kappa shape index (κ2) is 10.9. The van der Waals surface area contributed by atoms with Crippen molar-refractivity contribution < 1.29 is 14.6 Å². The van der Waals surface area contributed by atoms with Crippen LogP contribution in [0.5, 0.6) is 11.5 Å². The Labute approximate surface area is 179 Å². The van der Waals surface area contributed by atoms with Crippen molar-refractivity contribution >= 4 is 5.96 Å². The van der Waals surface area contributed by atoms with Gasteiger partial charge in [-0.15, -0.1) is 0 Å². The monoisotopic (exact) mass is 411 g/mol. The smallest absolute Gasteiger partial charge is 0.194 e. The largest absolute Gasteiger partial charge is 0.497 e. The van der Waals surface area contributed by atoms with Crippen LogP contribution in [-0.4, -0.2) is 56.4 Å². The number of nitrogens with one attached hydrogen (secondary N) is 1. The van der Waals surface area contributed by atoms with Gasteiger partial charge in [-0.05, 0) is 49.4 Å². The van der Waals surface area contributed by atoms with Crippen molar-refractivity contribution in [2.45, 2.75) is 25.9 Å². The van der Waals surface area contributed by atoms with Gasteiger partial charge in [0.2, 0.25) is 0 Å². The highest BCUT2D eigenvalue weighted by atomic mass is 16.5. The predicted molar refractivity (Wildman–Crippen MR) is 120 cm³/mol. The van der Waals surface area contributed by atoms with E-state index in [9.17, 15) is 5.11 Å². The van der Waals surface area contributed by atoms with Crippen molar-refractivity contribution in [3.05, 3.63) is 59.7 Å². The average molecular weight is 412 g/mol. The zero-order valence-corrected chi connectivity index (χ0v) is 18.2. The molecule has 0 amide bonds. The Kier molecular flexibility index (Phi) is 7.97. The summed E-state index contributed by atoms with van der Waals surface area (Å²) in [4.78, 5) is 7.03. The van der Waals surface area contributed by atoms with Crippen LogP contribution in [0.3, 0.4) is 0 Å². The van der Waals surface area contributed by atoms with Crippen molar-refractivity contribution in [1.82, 2.24) is 10.2 Å². The van der Waals surface area contributed by atoms with Crippen LogP contribution >= 0.6 is 0 Å². The highest BCUT2D eigenvalue weighted by Gasteiger charge is 2.25. The molecule has 0 aromatic heterocycles. The fourth-order valence-electron chi connectivity index (χ4n) is 3.94. The third-order valence-corrected chi connectivity index (χ3v) is 5.50. The van der Waals surface area contributed by atoms with Gasteiger partial charge in [0.25, 0.3) is 0 Å². The highest BCUT2D eigenvalue weighted by molar-refractivity contribution is 5.80. The van der Waals surface area contributed by atoms with Gasteiger partial charge >= 0.3 is 0 Å². The van der Waals surface area contributed by atoms with E-state index in [2.05, 4.69) is 47.5 Å². The fraction of sp³-hybridized carbons (Fsp3) is 0.458. The Balaban J connectivity index is 1.66. The van der Waals surface area contributed by atoms with Gasteiger partial charge in [0.15, 0.2) is 5.96 Å². The number of hydrogen-bond acceptors (Lipinski definition) is 4. The molecule has 1 aliphatic heterocycles. The molecule has 0 saturated carbocycles. The molecule has 0 spiro atoms. The fourth-order valence-corrected chi connectivity index (χ4v) is 3.94. The quantitative estimate of drug-likeness (QED) is 0.516. The number of rotatable bonds is 8. The Bertz CT molecular complexity index is 826. The van der Waals surface area contributed by atoms with Gasteiger partial charge in [-0.2, -0.15) is 0 Å². The lowest BCUT2D eigenvalue weighted by Crippen LogP contribution is -2.40. The average Bonchev–Trinajstić information content (AvgIpc) is 3.24. The van der Waals surface area contributed by atoms with Crippen LogP contribution in [0.15, 0.2) is 53.5 Å². The molecule has 1 fully saturated rings. The molecular weight excluding hydrogens is 378 g/mol. The topological polar surface area (TPSA) is 66.3 Å². The van der Waals surface area contributed by atoms with Crippen molar-refractivity contribution in [2.75, 3.05) is 40.4 Å². The highest BCUT2D eigenvalue weighted by Crippen LogP contribution is 2.29.